The summed E-state index contributed by atoms with van der Waals surface area (Å²) in [5.74, 6) is -0.167. The fourth-order valence-corrected chi connectivity index (χ4v) is 3.58. The maximum atomic E-state index is 12.9. The highest BCUT2D eigenvalue weighted by Crippen LogP contribution is 2.25. The van der Waals surface area contributed by atoms with Crippen molar-refractivity contribution in [1.29, 1.82) is 0 Å². The van der Waals surface area contributed by atoms with E-state index >= 15 is 0 Å². The van der Waals surface area contributed by atoms with Crippen LogP contribution in [0.3, 0.4) is 0 Å². The number of halogens is 1. The normalized spacial score (nSPS) is 16.6. The molecule has 29 heavy (non-hydrogen) atoms. The van der Waals surface area contributed by atoms with Crippen LogP contribution in [0.15, 0.2) is 71.5 Å². The lowest BCUT2D eigenvalue weighted by molar-refractivity contribution is -0.139. The summed E-state index contributed by atoms with van der Waals surface area (Å²) in [6, 6.07) is 20.1. The van der Waals surface area contributed by atoms with Gasteiger partial charge in [0.1, 0.15) is 12.6 Å². The smallest absolute Gasteiger partial charge is 0.267 e. The first kappa shape index (κ1) is 19.4. The number of nitrogens with zero attached hydrogens (tertiary/aromatic N) is 3. The highest BCUT2D eigenvalue weighted by Gasteiger charge is 2.25. The summed E-state index contributed by atoms with van der Waals surface area (Å²) in [4.78, 5) is 26.8. The monoisotopic (exact) mass is 409 g/mol. The van der Waals surface area contributed by atoms with E-state index < -0.39 is 0 Å². The predicted molar refractivity (Wildman–Crippen MR) is 111 cm³/mol. The molecule has 1 fully saturated rings. The maximum Gasteiger partial charge on any atom is 0.267 e. The fourth-order valence-electron chi connectivity index (χ4n) is 3.35. The van der Waals surface area contributed by atoms with Crippen LogP contribution in [0.5, 0.6) is 0 Å². The molecule has 1 amide bonds. The second kappa shape index (κ2) is 8.59. The van der Waals surface area contributed by atoms with Gasteiger partial charge in [-0.2, -0.15) is 5.10 Å². The minimum Gasteiger partial charge on any atom is -0.370 e. The third-order valence-electron chi connectivity index (χ3n) is 4.89. The molecule has 3 aromatic rings. The van der Waals surface area contributed by atoms with Crippen molar-refractivity contribution in [2.24, 2.45) is 0 Å². The Kier molecular flexibility index (Phi) is 5.74. The SMILES string of the molecule is O=C(Cn1nc(-c2ccccc2Cl)ccc1=O)N1CCO[C@H](c2ccccc2)C1. The molecule has 0 saturated carbocycles. The molecule has 0 bridgehead atoms. The standard InChI is InChI=1S/C22H20ClN3O3/c23-18-9-5-4-8-17(18)19-10-11-21(27)26(24-19)15-22(28)25-12-13-29-20(14-25)16-6-2-1-3-7-16/h1-11,20H,12-15H2/t20-/m0/s1. The number of ether oxygens (including phenoxy) is 1. The predicted octanol–water partition coefficient (Wildman–Crippen LogP) is 3.16. The molecule has 1 atom stereocenters. The summed E-state index contributed by atoms with van der Waals surface area (Å²) in [7, 11) is 0. The lowest BCUT2D eigenvalue weighted by atomic mass is 10.1. The minimum absolute atomic E-state index is 0.126. The van der Waals surface area contributed by atoms with Gasteiger partial charge in [0.25, 0.3) is 5.56 Å². The van der Waals surface area contributed by atoms with Gasteiger partial charge in [-0.15, -0.1) is 0 Å². The van der Waals surface area contributed by atoms with Gasteiger partial charge < -0.3 is 9.64 Å². The fraction of sp³-hybridized carbons (Fsp3) is 0.227. The number of carbonyl (C=O) groups is 1. The first-order valence-corrected chi connectivity index (χ1v) is 9.77. The van der Waals surface area contributed by atoms with Crippen molar-refractivity contribution in [2.75, 3.05) is 19.7 Å². The zero-order valence-corrected chi connectivity index (χ0v) is 16.5. The van der Waals surface area contributed by atoms with Gasteiger partial charge >= 0.3 is 0 Å². The summed E-state index contributed by atoms with van der Waals surface area (Å²) >= 11 is 6.24. The molecule has 0 radical (unpaired) electrons. The van der Waals surface area contributed by atoms with E-state index in [2.05, 4.69) is 5.10 Å². The minimum atomic E-state index is -0.331. The average molecular weight is 410 g/mol. The van der Waals surface area contributed by atoms with Crippen LogP contribution in [0.25, 0.3) is 11.3 Å². The first-order chi connectivity index (χ1) is 14.1. The molecule has 1 aliphatic heterocycles. The molecule has 0 N–H and O–H groups in total. The van der Waals surface area contributed by atoms with Gasteiger partial charge in [-0.3, -0.25) is 9.59 Å². The zero-order chi connectivity index (χ0) is 20.2. The van der Waals surface area contributed by atoms with E-state index in [1.54, 1.807) is 17.0 Å². The van der Waals surface area contributed by atoms with E-state index in [4.69, 9.17) is 16.3 Å². The van der Waals surface area contributed by atoms with Gasteiger partial charge in [0.2, 0.25) is 5.91 Å². The summed E-state index contributed by atoms with van der Waals surface area (Å²) in [6.45, 7) is 1.26. The molecule has 4 rings (SSSR count). The molecular weight excluding hydrogens is 390 g/mol. The lowest BCUT2D eigenvalue weighted by Crippen LogP contribution is -2.44. The Hall–Kier alpha value is -2.96. The highest BCUT2D eigenvalue weighted by atomic mass is 35.5. The van der Waals surface area contributed by atoms with Crippen LogP contribution in [0, 0.1) is 0 Å². The molecule has 1 aliphatic rings. The number of rotatable bonds is 4. The van der Waals surface area contributed by atoms with Crippen molar-refractivity contribution < 1.29 is 9.53 Å². The molecule has 2 heterocycles. The van der Waals surface area contributed by atoms with E-state index in [0.29, 0.717) is 36.0 Å². The van der Waals surface area contributed by atoms with Gasteiger partial charge in [0.15, 0.2) is 0 Å². The molecule has 6 nitrogen and oxygen atoms in total. The lowest BCUT2D eigenvalue weighted by Gasteiger charge is -2.33. The van der Waals surface area contributed by atoms with E-state index in [-0.39, 0.29) is 24.1 Å². The summed E-state index contributed by atoms with van der Waals surface area (Å²) in [6.07, 6.45) is -0.173. The number of morpholine rings is 1. The molecule has 0 aliphatic carbocycles. The second-order valence-electron chi connectivity index (χ2n) is 6.80. The van der Waals surface area contributed by atoms with Crippen molar-refractivity contribution in [3.8, 4) is 11.3 Å². The Morgan fingerprint density at radius 2 is 1.83 bits per heavy atom. The van der Waals surface area contributed by atoms with Crippen LogP contribution < -0.4 is 5.56 Å². The van der Waals surface area contributed by atoms with Gasteiger partial charge in [0, 0.05) is 18.2 Å². The van der Waals surface area contributed by atoms with E-state index in [1.165, 1.54) is 10.7 Å². The van der Waals surface area contributed by atoms with Crippen LogP contribution in [0.4, 0.5) is 0 Å². The number of aromatic nitrogens is 2. The summed E-state index contributed by atoms with van der Waals surface area (Å²) < 4.78 is 7.00. The van der Waals surface area contributed by atoms with Crippen molar-refractivity contribution >= 4 is 17.5 Å². The zero-order valence-electron chi connectivity index (χ0n) is 15.7. The Balaban J connectivity index is 1.52. The van der Waals surface area contributed by atoms with Crippen molar-refractivity contribution in [2.45, 2.75) is 12.6 Å². The largest absolute Gasteiger partial charge is 0.370 e. The molecule has 7 heteroatoms. The number of hydrogen-bond acceptors (Lipinski definition) is 4. The molecule has 1 saturated heterocycles. The van der Waals surface area contributed by atoms with Crippen molar-refractivity contribution in [1.82, 2.24) is 14.7 Å². The van der Waals surface area contributed by atoms with Crippen LogP contribution >= 0.6 is 11.6 Å². The second-order valence-corrected chi connectivity index (χ2v) is 7.21. The Morgan fingerprint density at radius 3 is 2.62 bits per heavy atom. The first-order valence-electron chi connectivity index (χ1n) is 9.39. The molecule has 1 aromatic heterocycles. The number of benzene rings is 2. The quantitative estimate of drug-likeness (QED) is 0.664. The Labute approximate surface area is 173 Å². The highest BCUT2D eigenvalue weighted by molar-refractivity contribution is 6.33. The summed E-state index contributed by atoms with van der Waals surface area (Å²) in [5, 5.41) is 4.89. The van der Waals surface area contributed by atoms with Crippen LogP contribution in [-0.4, -0.2) is 40.3 Å². The Morgan fingerprint density at radius 1 is 1.07 bits per heavy atom. The molecular formula is C22H20ClN3O3. The molecule has 2 aromatic carbocycles. The van der Waals surface area contributed by atoms with Gasteiger partial charge in [-0.25, -0.2) is 4.68 Å². The number of amides is 1. The summed E-state index contributed by atoms with van der Waals surface area (Å²) in [5.41, 5.74) is 1.96. The van der Waals surface area contributed by atoms with Crippen LogP contribution in [-0.2, 0) is 16.1 Å². The van der Waals surface area contributed by atoms with Crippen LogP contribution in [0.1, 0.15) is 11.7 Å². The van der Waals surface area contributed by atoms with Crippen molar-refractivity contribution in [3.63, 3.8) is 0 Å². The molecule has 0 unspecified atom stereocenters. The number of hydrogen-bond donors (Lipinski definition) is 0. The third-order valence-corrected chi connectivity index (χ3v) is 5.22. The average Bonchev–Trinajstić information content (AvgIpc) is 2.76. The molecule has 0 spiro atoms. The van der Waals surface area contributed by atoms with Gasteiger partial charge in [-0.05, 0) is 17.7 Å². The van der Waals surface area contributed by atoms with Gasteiger partial charge in [0.05, 0.1) is 23.9 Å². The third kappa shape index (κ3) is 4.39. The van der Waals surface area contributed by atoms with E-state index in [0.717, 1.165) is 5.56 Å². The van der Waals surface area contributed by atoms with Crippen LogP contribution in [0.2, 0.25) is 5.02 Å². The van der Waals surface area contributed by atoms with E-state index in [1.807, 2.05) is 48.5 Å². The maximum absolute atomic E-state index is 12.9. The Bertz CT molecular complexity index is 1070. The van der Waals surface area contributed by atoms with E-state index in [9.17, 15) is 9.59 Å². The van der Waals surface area contributed by atoms with Crippen molar-refractivity contribution in [3.05, 3.63) is 87.7 Å². The van der Waals surface area contributed by atoms with Gasteiger partial charge in [-0.1, -0.05) is 60.1 Å². The molecule has 148 valence electrons. The topological polar surface area (TPSA) is 64.4 Å². The number of carbonyl (C=O) groups excluding carboxylic acids is 1.